The lowest BCUT2D eigenvalue weighted by molar-refractivity contribution is 0.134. The monoisotopic (exact) mass is 204 g/mol. The zero-order valence-corrected chi connectivity index (χ0v) is 8.26. The number of aromatic nitrogens is 2. The maximum Gasteiger partial charge on any atom is 0.153 e. The molecule has 1 aliphatic rings. The van der Waals surface area contributed by atoms with Crippen LogP contribution in [0.3, 0.4) is 0 Å². The fraction of sp³-hybridized carbons (Fsp3) is 0.364. The summed E-state index contributed by atoms with van der Waals surface area (Å²) in [4.78, 5) is 4.39. The van der Waals surface area contributed by atoms with Crippen molar-refractivity contribution in [2.45, 2.75) is 25.5 Å². The van der Waals surface area contributed by atoms with Gasteiger partial charge in [0.2, 0.25) is 0 Å². The normalized spacial score (nSPS) is 20.2. The molecule has 0 spiro atoms. The molecule has 1 N–H and O–H groups in total. The summed E-state index contributed by atoms with van der Waals surface area (Å²) in [6, 6.07) is 3.71. The second kappa shape index (κ2) is 3.24. The molecule has 3 rings (SSSR count). The van der Waals surface area contributed by atoms with Gasteiger partial charge < -0.3 is 14.1 Å². The second-order valence-electron chi connectivity index (χ2n) is 3.81. The highest BCUT2D eigenvalue weighted by Gasteiger charge is 2.21. The summed E-state index contributed by atoms with van der Waals surface area (Å²) < 4.78 is 7.28. The largest absolute Gasteiger partial charge is 0.463 e. The fourth-order valence-corrected chi connectivity index (χ4v) is 2.00. The lowest BCUT2D eigenvalue weighted by atomic mass is 10.1. The van der Waals surface area contributed by atoms with E-state index in [9.17, 15) is 5.11 Å². The SMILES string of the molecule is OC1CCCn2cc(-c3ccco3)nc21. The lowest BCUT2D eigenvalue weighted by Crippen LogP contribution is -2.14. The minimum atomic E-state index is -0.428. The van der Waals surface area contributed by atoms with Crippen molar-refractivity contribution >= 4 is 0 Å². The molecular weight excluding hydrogens is 192 g/mol. The quantitative estimate of drug-likeness (QED) is 0.772. The van der Waals surface area contributed by atoms with Crippen LogP contribution in [0.25, 0.3) is 11.5 Å². The summed E-state index contributed by atoms with van der Waals surface area (Å²) in [7, 11) is 0. The van der Waals surface area contributed by atoms with E-state index in [1.807, 2.05) is 22.9 Å². The van der Waals surface area contributed by atoms with Crippen LogP contribution >= 0.6 is 0 Å². The molecule has 1 aliphatic heterocycles. The Morgan fingerprint density at radius 1 is 1.53 bits per heavy atom. The molecule has 1 atom stereocenters. The van der Waals surface area contributed by atoms with Crippen molar-refractivity contribution in [3.63, 3.8) is 0 Å². The number of furan rings is 1. The van der Waals surface area contributed by atoms with E-state index in [1.54, 1.807) is 6.26 Å². The van der Waals surface area contributed by atoms with E-state index in [2.05, 4.69) is 4.98 Å². The minimum absolute atomic E-state index is 0.428. The summed E-state index contributed by atoms with van der Waals surface area (Å²) in [6.45, 7) is 0.931. The van der Waals surface area contributed by atoms with Crippen molar-refractivity contribution in [3.05, 3.63) is 30.4 Å². The number of rotatable bonds is 1. The van der Waals surface area contributed by atoms with Gasteiger partial charge in [0.25, 0.3) is 0 Å². The van der Waals surface area contributed by atoms with Gasteiger partial charge >= 0.3 is 0 Å². The number of aryl methyl sites for hydroxylation is 1. The molecule has 0 amide bonds. The van der Waals surface area contributed by atoms with Crippen LogP contribution in [0.5, 0.6) is 0 Å². The van der Waals surface area contributed by atoms with Crippen LogP contribution in [-0.4, -0.2) is 14.7 Å². The molecule has 1 unspecified atom stereocenters. The van der Waals surface area contributed by atoms with Crippen molar-refractivity contribution in [2.75, 3.05) is 0 Å². The molecule has 0 radical (unpaired) electrons. The highest BCUT2D eigenvalue weighted by atomic mass is 16.3. The molecular formula is C11H12N2O2. The molecule has 15 heavy (non-hydrogen) atoms. The van der Waals surface area contributed by atoms with Gasteiger partial charge in [0.05, 0.1) is 6.26 Å². The van der Waals surface area contributed by atoms with E-state index in [-0.39, 0.29) is 0 Å². The Hall–Kier alpha value is -1.55. The number of hydrogen-bond donors (Lipinski definition) is 1. The van der Waals surface area contributed by atoms with Gasteiger partial charge in [-0.3, -0.25) is 0 Å². The lowest BCUT2D eigenvalue weighted by Gasteiger charge is -2.18. The van der Waals surface area contributed by atoms with E-state index in [4.69, 9.17) is 4.42 Å². The maximum atomic E-state index is 9.76. The number of aliphatic hydroxyl groups excluding tert-OH is 1. The van der Waals surface area contributed by atoms with E-state index in [0.717, 1.165) is 36.7 Å². The van der Waals surface area contributed by atoms with Gasteiger partial charge in [-0.25, -0.2) is 4.98 Å². The third-order valence-electron chi connectivity index (χ3n) is 2.76. The Labute approximate surface area is 87.2 Å². The van der Waals surface area contributed by atoms with Crippen molar-refractivity contribution < 1.29 is 9.52 Å². The first-order valence-electron chi connectivity index (χ1n) is 5.13. The van der Waals surface area contributed by atoms with E-state index < -0.39 is 6.10 Å². The van der Waals surface area contributed by atoms with Gasteiger partial charge in [-0.15, -0.1) is 0 Å². The van der Waals surface area contributed by atoms with Gasteiger partial charge in [-0.1, -0.05) is 0 Å². The topological polar surface area (TPSA) is 51.2 Å². The van der Waals surface area contributed by atoms with Crippen LogP contribution in [0.2, 0.25) is 0 Å². The van der Waals surface area contributed by atoms with Gasteiger partial charge in [-0.05, 0) is 25.0 Å². The number of nitrogens with zero attached hydrogens (tertiary/aromatic N) is 2. The van der Waals surface area contributed by atoms with Crippen LogP contribution in [0.15, 0.2) is 29.0 Å². The molecule has 0 aromatic carbocycles. The van der Waals surface area contributed by atoms with Crippen LogP contribution in [0.1, 0.15) is 24.8 Å². The first-order valence-corrected chi connectivity index (χ1v) is 5.13. The van der Waals surface area contributed by atoms with E-state index in [0.29, 0.717) is 0 Å². The summed E-state index contributed by atoms with van der Waals surface area (Å²) >= 11 is 0. The van der Waals surface area contributed by atoms with Crippen molar-refractivity contribution in [3.8, 4) is 11.5 Å². The zero-order valence-electron chi connectivity index (χ0n) is 8.26. The number of hydrogen-bond acceptors (Lipinski definition) is 3. The van der Waals surface area contributed by atoms with Crippen LogP contribution in [0.4, 0.5) is 0 Å². The molecule has 2 aromatic rings. The summed E-state index contributed by atoms with van der Waals surface area (Å²) in [6.07, 6.45) is 4.94. The van der Waals surface area contributed by atoms with Gasteiger partial charge in [0, 0.05) is 12.7 Å². The summed E-state index contributed by atoms with van der Waals surface area (Å²) in [5, 5.41) is 9.76. The molecule has 4 heteroatoms. The smallest absolute Gasteiger partial charge is 0.153 e. The molecule has 0 saturated carbocycles. The third kappa shape index (κ3) is 1.37. The van der Waals surface area contributed by atoms with Crippen molar-refractivity contribution in [1.82, 2.24) is 9.55 Å². The van der Waals surface area contributed by atoms with Crippen molar-refractivity contribution in [2.24, 2.45) is 0 Å². The minimum Gasteiger partial charge on any atom is -0.463 e. The third-order valence-corrected chi connectivity index (χ3v) is 2.76. The van der Waals surface area contributed by atoms with E-state index >= 15 is 0 Å². The molecule has 4 nitrogen and oxygen atoms in total. The van der Waals surface area contributed by atoms with Gasteiger partial charge in [0.15, 0.2) is 5.76 Å². The first-order chi connectivity index (χ1) is 7.34. The molecule has 0 fully saturated rings. The van der Waals surface area contributed by atoms with Crippen LogP contribution < -0.4 is 0 Å². The Balaban J connectivity index is 2.06. The number of fused-ring (bicyclic) bond motifs is 1. The highest BCUT2D eigenvalue weighted by molar-refractivity contribution is 5.51. The predicted octanol–water partition coefficient (Wildman–Crippen LogP) is 1.97. The molecule has 0 aliphatic carbocycles. The Morgan fingerprint density at radius 2 is 2.47 bits per heavy atom. The van der Waals surface area contributed by atoms with Gasteiger partial charge in [-0.2, -0.15) is 0 Å². The Kier molecular flexibility index (Phi) is 1.89. The average molecular weight is 204 g/mol. The van der Waals surface area contributed by atoms with E-state index in [1.165, 1.54) is 0 Å². The van der Waals surface area contributed by atoms with Gasteiger partial charge in [0.1, 0.15) is 17.6 Å². The molecule has 2 aromatic heterocycles. The standard InChI is InChI=1S/C11H12N2O2/c14-9-3-1-5-13-7-8(12-11(9)13)10-4-2-6-15-10/h2,4,6-7,9,14H,1,3,5H2. The molecule has 3 heterocycles. The number of imidazole rings is 1. The number of aliphatic hydroxyl groups is 1. The Bertz CT molecular complexity index is 459. The summed E-state index contributed by atoms with van der Waals surface area (Å²) in [5.41, 5.74) is 0.802. The van der Waals surface area contributed by atoms with Crippen LogP contribution in [-0.2, 0) is 6.54 Å². The Morgan fingerprint density at radius 3 is 3.20 bits per heavy atom. The predicted molar refractivity (Wildman–Crippen MR) is 54.1 cm³/mol. The molecule has 0 saturated heterocycles. The fourth-order valence-electron chi connectivity index (χ4n) is 2.00. The zero-order chi connectivity index (χ0) is 10.3. The van der Waals surface area contributed by atoms with Crippen LogP contribution in [0, 0.1) is 0 Å². The van der Waals surface area contributed by atoms with Crippen molar-refractivity contribution in [1.29, 1.82) is 0 Å². The second-order valence-corrected chi connectivity index (χ2v) is 3.81. The highest BCUT2D eigenvalue weighted by Crippen LogP contribution is 2.27. The molecule has 0 bridgehead atoms. The maximum absolute atomic E-state index is 9.76. The summed E-state index contributed by atoms with van der Waals surface area (Å²) in [5.74, 6) is 1.51. The first kappa shape index (κ1) is 8.73. The molecule has 78 valence electrons. The average Bonchev–Trinajstić information content (AvgIpc) is 2.86.